The predicted octanol–water partition coefficient (Wildman–Crippen LogP) is 2.20. The van der Waals surface area contributed by atoms with Gasteiger partial charge in [0.1, 0.15) is 0 Å². The van der Waals surface area contributed by atoms with E-state index in [1.807, 2.05) is 0 Å². The molecule has 1 atom stereocenters. The van der Waals surface area contributed by atoms with E-state index in [-0.39, 0.29) is 12.6 Å². The molecule has 6 heteroatoms. The number of amides is 2. The van der Waals surface area contributed by atoms with Crippen molar-refractivity contribution in [3.8, 4) is 6.07 Å². The molecule has 1 aliphatic heterocycles. The highest BCUT2D eigenvalue weighted by Gasteiger charge is 2.42. The molecular weight excluding hydrogens is 270 g/mol. The third-order valence-electron chi connectivity index (χ3n) is 3.97. The Morgan fingerprint density at radius 3 is 2.76 bits per heavy atom. The van der Waals surface area contributed by atoms with Gasteiger partial charge in [0.2, 0.25) is 0 Å². The van der Waals surface area contributed by atoms with E-state index in [0.29, 0.717) is 29.8 Å². The average molecular weight is 287 g/mol. The number of urea groups is 1. The summed E-state index contributed by atoms with van der Waals surface area (Å²) in [5.41, 5.74) is 0.891. The molecule has 0 spiro atoms. The molecule has 2 amide bonds. The van der Waals surface area contributed by atoms with Crippen molar-refractivity contribution < 1.29 is 14.7 Å². The Balaban J connectivity index is 2.10. The molecule has 0 aliphatic carbocycles. The van der Waals surface area contributed by atoms with E-state index in [1.165, 1.54) is 4.90 Å². The molecule has 1 heterocycles. The summed E-state index contributed by atoms with van der Waals surface area (Å²) in [4.78, 5) is 24.9. The number of benzene rings is 1. The van der Waals surface area contributed by atoms with Crippen molar-refractivity contribution >= 4 is 17.7 Å². The van der Waals surface area contributed by atoms with Crippen molar-refractivity contribution in [2.45, 2.75) is 20.3 Å². The van der Waals surface area contributed by atoms with Crippen molar-refractivity contribution in [2.75, 3.05) is 18.4 Å². The van der Waals surface area contributed by atoms with Crippen molar-refractivity contribution in [3.05, 3.63) is 29.3 Å². The van der Waals surface area contributed by atoms with E-state index in [4.69, 9.17) is 5.26 Å². The van der Waals surface area contributed by atoms with Crippen LogP contribution in [0, 0.1) is 23.7 Å². The van der Waals surface area contributed by atoms with Crippen LogP contribution in [-0.4, -0.2) is 35.1 Å². The van der Waals surface area contributed by atoms with Crippen LogP contribution in [-0.2, 0) is 4.79 Å². The van der Waals surface area contributed by atoms with Gasteiger partial charge in [-0.3, -0.25) is 4.79 Å². The average Bonchev–Trinajstić information content (AvgIpc) is 2.85. The molecular formula is C15H17N3O3. The van der Waals surface area contributed by atoms with Gasteiger partial charge in [0.25, 0.3) is 0 Å². The maximum atomic E-state index is 12.2. The molecule has 1 aromatic carbocycles. The summed E-state index contributed by atoms with van der Waals surface area (Å²) in [6, 6.07) is 6.84. The highest BCUT2D eigenvalue weighted by Crippen LogP contribution is 2.30. The van der Waals surface area contributed by atoms with Crippen LogP contribution in [0.1, 0.15) is 24.5 Å². The highest BCUT2D eigenvalue weighted by atomic mass is 16.4. The summed E-state index contributed by atoms with van der Waals surface area (Å²) in [6.45, 7) is 4.00. The van der Waals surface area contributed by atoms with E-state index in [0.717, 1.165) is 0 Å². The summed E-state index contributed by atoms with van der Waals surface area (Å²) in [5.74, 6) is -0.888. The molecule has 2 N–H and O–H groups in total. The highest BCUT2D eigenvalue weighted by molar-refractivity contribution is 5.91. The van der Waals surface area contributed by atoms with Crippen LogP contribution in [0.2, 0.25) is 0 Å². The number of carboxylic acid groups (broad SMARTS) is 1. The number of nitriles is 1. The van der Waals surface area contributed by atoms with E-state index in [2.05, 4.69) is 11.4 Å². The van der Waals surface area contributed by atoms with Gasteiger partial charge in [0, 0.05) is 18.8 Å². The van der Waals surface area contributed by atoms with Crippen LogP contribution in [0.3, 0.4) is 0 Å². The SMILES string of the molecule is Cc1c(C#N)cccc1NC(=O)N1CCC(C)(C(=O)O)C1. The molecule has 0 aromatic heterocycles. The van der Waals surface area contributed by atoms with E-state index >= 15 is 0 Å². The second kappa shape index (κ2) is 5.44. The van der Waals surface area contributed by atoms with Gasteiger partial charge in [0.05, 0.1) is 17.0 Å². The molecule has 1 aliphatic rings. The normalized spacial score (nSPS) is 20.9. The van der Waals surface area contributed by atoms with E-state index < -0.39 is 11.4 Å². The lowest BCUT2D eigenvalue weighted by atomic mass is 9.90. The lowest BCUT2D eigenvalue weighted by Gasteiger charge is -2.21. The second-order valence-electron chi connectivity index (χ2n) is 5.56. The number of nitrogens with one attached hydrogen (secondary N) is 1. The largest absolute Gasteiger partial charge is 0.481 e. The number of likely N-dealkylation sites (tertiary alicyclic amines) is 1. The first-order chi connectivity index (χ1) is 9.87. The molecule has 1 fully saturated rings. The fourth-order valence-corrected chi connectivity index (χ4v) is 2.40. The van der Waals surface area contributed by atoms with Gasteiger partial charge in [-0.25, -0.2) is 4.79 Å². The molecule has 1 saturated heterocycles. The molecule has 0 bridgehead atoms. The maximum Gasteiger partial charge on any atom is 0.321 e. The minimum atomic E-state index is -0.888. The number of carbonyl (C=O) groups is 2. The molecule has 2 rings (SSSR count). The third kappa shape index (κ3) is 2.82. The zero-order chi connectivity index (χ0) is 15.6. The number of hydrogen-bond donors (Lipinski definition) is 2. The number of aliphatic carboxylic acids is 1. The number of anilines is 1. The van der Waals surface area contributed by atoms with Gasteiger partial charge < -0.3 is 15.3 Å². The first kappa shape index (κ1) is 14.9. The maximum absolute atomic E-state index is 12.2. The quantitative estimate of drug-likeness (QED) is 0.872. The van der Waals surface area contributed by atoms with Gasteiger partial charge in [-0.05, 0) is 38.0 Å². The smallest absolute Gasteiger partial charge is 0.321 e. The van der Waals surface area contributed by atoms with Crippen LogP contribution >= 0.6 is 0 Å². The number of carboxylic acids is 1. The van der Waals surface area contributed by atoms with Crippen LogP contribution in [0.4, 0.5) is 10.5 Å². The zero-order valence-corrected chi connectivity index (χ0v) is 12.0. The summed E-state index contributed by atoms with van der Waals surface area (Å²) in [6.07, 6.45) is 0.437. The summed E-state index contributed by atoms with van der Waals surface area (Å²) in [7, 11) is 0. The van der Waals surface area contributed by atoms with Crippen LogP contribution in [0.25, 0.3) is 0 Å². The Bertz CT molecular complexity index is 636. The fourth-order valence-electron chi connectivity index (χ4n) is 2.40. The molecule has 110 valence electrons. The predicted molar refractivity (Wildman–Crippen MR) is 76.8 cm³/mol. The lowest BCUT2D eigenvalue weighted by Crippen LogP contribution is -2.37. The summed E-state index contributed by atoms with van der Waals surface area (Å²) >= 11 is 0. The van der Waals surface area contributed by atoms with Gasteiger partial charge in [-0.15, -0.1) is 0 Å². The van der Waals surface area contributed by atoms with Gasteiger partial charge >= 0.3 is 12.0 Å². The van der Waals surface area contributed by atoms with E-state index in [1.54, 1.807) is 32.0 Å². The molecule has 1 aromatic rings. The topological polar surface area (TPSA) is 93.4 Å². The zero-order valence-electron chi connectivity index (χ0n) is 12.0. The minimum absolute atomic E-state index is 0.186. The molecule has 0 saturated carbocycles. The van der Waals surface area contributed by atoms with Crippen LogP contribution in [0.5, 0.6) is 0 Å². The number of nitrogens with zero attached hydrogens (tertiary/aromatic N) is 2. The molecule has 1 unspecified atom stereocenters. The van der Waals surface area contributed by atoms with Crippen molar-refractivity contribution in [3.63, 3.8) is 0 Å². The molecule has 21 heavy (non-hydrogen) atoms. The van der Waals surface area contributed by atoms with Crippen molar-refractivity contribution in [1.82, 2.24) is 4.90 Å². The number of rotatable bonds is 2. The number of hydrogen-bond acceptors (Lipinski definition) is 3. The Morgan fingerprint density at radius 1 is 1.48 bits per heavy atom. The number of carbonyl (C=O) groups excluding carboxylic acids is 1. The third-order valence-corrected chi connectivity index (χ3v) is 3.97. The Labute approximate surface area is 123 Å². The molecule has 0 radical (unpaired) electrons. The summed E-state index contributed by atoms with van der Waals surface area (Å²) < 4.78 is 0. The van der Waals surface area contributed by atoms with Crippen molar-refractivity contribution in [2.24, 2.45) is 5.41 Å². The van der Waals surface area contributed by atoms with Gasteiger partial charge in [-0.1, -0.05) is 6.07 Å². The monoisotopic (exact) mass is 287 g/mol. The van der Waals surface area contributed by atoms with Crippen LogP contribution in [0.15, 0.2) is 18.2 Å². The second-order valence-corrected chi connectivity index (χ2v) is 5.56. The van der Waals surface area contributed by atoms with Gasteiger partial charge in [-0.2, -0.15) is 5.26 Å². The summed E-state index contributed by atoms with van der Waals surface area (Å²) in [5, 5.41) is 20.9. The van der Waals surface area contributed by atoms with E-state index in [9.17, 15) is 14.7 Å². The first-order valence-corrected chi connectivity index (χ1v) is 6.66. The standard InChI is InChI=1S/C15H17N3O3/c1-10-11(8-16)4-3-5-12(10)17-14(21)18-7-6-15(2,9-18)13(19)20/h3-5H,6-7,9H2,1-2H3,(H,17,21)(H,19,20). The Morgan fingerprint density at radius 2 is 2.19 bits per heavy atom. The minimum Gasteiger partial charge on any atom is -0.481 e. The fraction of sp³-hybridized carbons (Fsp3) is 0.400. The van der Waals surface area contributed by atoms with Gasteiger partial charge in [0.15, 0.2) is 0 Å². The molecule has 6 nitrogen and oxygen atoms in total. The Hall–Kier alpha value is -2.55. The first-order valence-electron chi connectivity index (χ1n) is 6.66. The van der Waals surface area contributed by atoms with Crippen LogP contribution < -0.4 is 5.32 Å². The lowest BCUT2D eigenvalue weighted by molar-refractivity contribution is -0.146. The Kier molecular flexibility index (Phi) is 3.85. The van der Waals surface area contributed by atoms with Crippen molar-refractivity contribution in [1.29, 1.82) is 5.26 Å².